The van der Waals surface area contributed by atoms with Crippen molar-refractivity contribution in [1.82, 2.24) is 10.2 Å². The van der Waals surface area contributed by atoms with E-state index in [9.17, 15) is 14.4 Å². The first kappa shape index (κ1) is 24.6. The van der Waals surface area contributed by atoms with E-state index in [4.69, 9.17) is 15.2 Å². The third-order valence-electron chi connectivity index (χ3n) is 6.29. The summed E-state index contributed by atoms with van der Waals surface area (Å²) < 4.78 is 11.2. The Hall–Kier alpha value is -3.55. The van der Waals surface area contributed by atoms with E-state index in [1.54, 1.807) is 25.7 Å². The number of carbonyl (C=O) groups excluding carboxylic acids is 3. The number of nitrogens with zero attached hydrogens (tertiary/aromatic N) is 1. The molecule has 4 atom stereocenters. The van der Waals surface area contributed by atoms with Gasteiger partial charge in [0.25, 0.3) is 0 Å². The highest BCUT2D eigenvalue weighted by Crippen LogP contribution is 2.48. The van der Waals surface area contributed by atoms with E-state index >= 15 is 0 Å². The van der Waals surface area contributed by atoms with Gasteiger partial charge in [-0.1, -0.05) is 42.5 Å². The molecule has 0 bridgehead atoms. The van der Waals surface area contributed by atoms with Crippen LogP contribution in [0.3, 0.4) is 0 Å². The number of amides is 3. The summed E-state index contributed by atoms with van der Waals surface area (Å²) in [5, 5.41) is 2.72. The number of alkyl carbamates (subject to hydrolysis) is 1. The summed E-state index contributed by atoms with van der Waals surface area (Å²) in [6.07, 6.45) is 1.01. The average Bonchev–Trinajstić information content (AvgIpc) is 3.46. The molecule has 4 rings (SSSR count). The first-order valence-corrected chi connectivity index (χ1v) is 12.0. The van der Waals surface area contributed by atoms with Gasteiger partial charge in [-0.25, -0.2) is 4.79 Å². The lowest BCUT2D eigenvalue weighted by molar-refractivity contribution is -0.140. The Morgan fingerprint density at radius 1 is 1.03 bits per heavy atom. The number of ether oxygens (including phenoxy) is 2. The zero-order valence-corrected chi connectivity index (χ0v) is 20.4. The van der Waals surface area contributed by atoms with Crippen molar-refractivity contribution in [3.05, 3.63) is 65.7 Å². The van der Waals surface area contributed by atoms with Crippen molar-refractivity contribution in [3.63, 3.8) is 0 Å². The van der Waals surface area contributed by atoms with E-state index < -0.39 is 29.7 Å². The fourth-order valence-electron chi connectivity index (χ4n) is 4.56. The molecule has 2 aromatic carbocycles. The summed E-state index contributed by atoms with van der Waals surface area (Å²) in [6, 6.07) is 15.8. The third-order valence-corrected chi connectivity index (χ3v) is 6.29. The molecule has 2 fully saturated rings. The standard InChI is InChI=1S/C27H33N3O5/c1-27(2,3)35-26(33)29-21(25(32)30-22-14-19(22)15-23(30)24(28)31)13-17-9-11-20(12-10-17)34-16-18-7-5-4-6-8-18/h4-12,19,21-23H,13-16H2,1-3H3,(H2,28,31)(H,29,33). The number of hydrogen-bond donors (Lipinski definition) is 2. The molecule has 0 radical (unpaired) electrons. The molecule has 0 spiro atoms. The second-order valence-electron chi connectivity index (χ2n) is 10.3. The minimum Gasteiger partial charge on any atom is -0.489 e. The van der Waals surface area contributed by atoms with Crippen molar-refractivity contribution in [2.45, 2.75) is 70.4 Å². The Bertz CT molecular complexity index is 1060. The van der Waals surface area contributed by atoms with Gasteiger partial charge >= 0.3 is 6.09 Å². The smallest absolute Gasteiger partial charge is 0.408 e. The predicted octanol–water partition coefficient (Wildman–Crippen LogP) is 3.18. The number of nitrogens with one attached hydrogen (secondary N) is 1. The van der Waals surface area contributed by atoms with Crippen LogP contribution < -0.4 is 15.8 Å². The highest BCUT2D eigenvalue weighted by Gasteiger charge is 2.56. The number of nitrogens with two attached hydrogens (primary N) is 1. The molecule has 1 saturated heterocycles. The van der Waals surface area contributed by atoms with E-state index in [1.807, 2.05) is 54.6 Å². The minimum absolute atomic E-state index is 0.0108. The van der Waals surface area contributed by atoms with Crippen LogP contribution in [0.4, 0.5) is 4.79 Å². The quantitative estimate of drug-likeness (QED) is 0.604. The van der Waals surface area contributed by atoms with Crippen LogP contribution in [0.5, 0.6) is 5.75 Å². The molecular formula is C27H33N3O5. The second kappa shape index (κ2) is 9.98. The number of primary amides is 1. The number of benzene rings is 2. The lowest BCUT2D eigenvalue weighted by Gasteiger charge is -2.30. The van der Waals surface area contributed by atoms with Crippen molar-refractivity contribution >= 4 is 17.9 Å². The molecule has 8 nitrogen and oxygen atoms in total. The third kappa shape index (κ3) is 6.32. The maximum absolute atomic E-state index is 13.6. The van der Waals surface area contributed by atoms with E-state index in [0.29, 0.717) is 24.7 Å². The van der Waals surface area contributed by atoms with Crippen LogP contribution in [0.25, 0.3) is 0 Å². The lowest BCUT2D eigenvalue weighted by Crippen LogP contribution is -2.55. The number of likely N-dealkylation sites (tertiary alicyclic amines) is 1. The molecule has 35 heavy (non-hydrogen) atoms. The number of fused-ring (bicyclic) bond motifs is 1. The summed E-state index contributed by atoms with van der Waals surface area (Å²) in [6.45, 7) is 5.73. The Balaban J connectivity index is 1.46. The molecule has 186 valence electrons. The van der Waals surface area contributed by atoms with Crippen molar-refractivity contribution < 1.29 is 23.9 Å². The fourth-order valence-corrected chi connectivity index (χ4v) is 4.56. The van der Waals surface area contributed by atoms with Crippen molar-refractivity contribution in [2.75, 3.05) is 0 Å². The summed E-state index contributed by atoms with van der Waals surface area (Å²) >= 11 is 0. The molecule has 8 heteroatoms. The maximum Gasteiger partial charge on any atom is 0.408 e. The summed E-state index contributed by atoms with van der Waals surface area (Å²) in [5.74, 6) is 0.185. The van der Waals surface area contributed by atoms with Crippen LogP contribution in [-0.4, -0.2) is 46.5 Å². The van der Waals surface area contributed by atoms with E-state index in [2.05, 4.69) is 5.32 Å². The fraction of sp³-hybridized carbons (Fsp3) is 0.444. The number of hydrogen-bond acceptors (Lipinski definition) is 5. The highest BCUT2D eigenvalue weighted by atomic mass is 16.6. The van der Waals surface area contributed by atoms with Gasteiger partial charge < -0.3 is 25.4 Å². The Morgan fingerprint density at radius 3 is 2.34 bits per heavy atom. The van der Waals surface area contributed by atoms with Crippen LogP contribution >= 0.6 is 0 Å². The summed E-state index contributed by atoms with van der Waals surface area (Å²) in [7, 11) is 0. The minimum atomic E-state index is -0.887. The van der Waals surface area contributed by atoms with Gasteiger partial charge in [-0.2, -0.15) is 0 Å². The van der Waals surface area contributed by atoms with Gasteiger partial charge in [0.1, 0.15) is 30.0 Å². The molecule has 1 saturated carbocycles. The van der Waals surface area contributed by atoms with Gasteiger partial charge in [0.2, 0.25) is 11.8 Å². The van der Waals surface area contributed by atoms with Crippen LogP contribution in [0.1, 0.15) is 44.7 Å². The Morgan fingerprint density at radius 2 is 1.71 bits per heavy atom. The molecule has 3 amide bonds. The Kier molecular flexibility index (Phi) is 7.00. The first-order valence-electron chi connectivity index (χ1n) is 12.0. The summed E-state index contributed by atoms with van der Waals surface area (Å²) in [4.78, 5) is 39.6. The predicted molar refractivity (Wildman–Crippen MR) is 130 cm³/mol. The van der Waals surface area contributed by atoms with Gasteiger partial charge in [0, 0.05) is 12.5 Å². The molecule has 3 N–H and O–H groups in total. The normalized spacial score (nSPS) is 21.6. The molecule has 1 aliphatic heterocycles. The monoisotopic (exact) mass is 479 g/mol. The van der Waals surface area contributed by atoms with Crippen molar-refractivity contribution in [3.8, 4) is 5.75 Å². The summed E-state index contributed by atoms with van der Waals surface area (Å²) in [5.41, 5.74) is 6.77. The molecule has 2 aliphatic rings. The number of piperidine rings is 1. The second-order valence-corrected chi connectivity index (χ2v) is 10.3. The molecule has 4 unspecified atom stereocenters. The van der Waals surface area contributed by atoms with Crippen molar-refractivity contribution in [1.29, 1.82) is 0 Å². The van der Waals surface area contributed by atoms with Crippen molar-refractivity contribution in [2.24, 2.45) is 11.7 Å². The van der Waals surface area contributed by atoms with Crippen LogP contribution in [0.2, 0.25) is 0 Å². The van der Waals surface area contributed by atoms with Gasteiger partial charge in [-0.05, 0) is 62.8 Å². The van der Waals surface area contributed by atoms with E-state index in [1.165, 1.54) is 0 Å². The number of carbonyl (C=O) groups is 3. The molecule has 0 aromatic heterocycles. The average molecular weight is 480 g/mol. The van der Waals surface area contributed by atoms with Crippen LogP contribution in [0.15, 0.2) is 54.6 Å². The van der Waals surface area contributed by atoms with Gasteiger partial charge in [0.05, 0.1) is 0 Å². The van der Waals surface area contributed by atoms with Crippen LogP contribution in [-0.2, 0) is 27.4 Å². The molecule has 2 aromatic rings. The van der Waals surface area contributed by atoms with Gasteiger partial charge in [0.15, 0.2) is 0 Å². The van der Waals surface area contributed by atoms with Gasteiger partial charge in [-0.15, -0.1) is 0 Å². The first-order chi connectivity index (χ1) is 16.6. The SMILES string of the molecule is CC(C)(C)OC(=O)NC(Cc1ccc(OCc2ccccc2)cc1)C(=O)N1C(C(N)=O)CC2CC21. The van der Waals surface area contributed by atoms with E-state index in [-0.39, 0.29) is 18.4 Å². The zero-order valence-electron chi connectivity index (χ0n) is 20.4. The topological polar surface area (TPSA) is 111 Å². The maximum atomic E-state index is 13.6. The molecule has 1 aliphatic carbocycles. The number of rotatable bonds is 8. The lowest BCUT2D eigenvalue weighted by atomic mass is 10.0. The highest BCUT2D eigenvalue weighted by molar-refractivity contribution is 5.92. The van der Waals surface area contributed by atoms with Gasteiger partial charge in [-0.3, -0.25) is 9.59 Å². The molecular weight excluding hydrogens is 446 g/mol. The van der Waals surface area contributed by atoms with E-state index in [0.717, 1.165) is 17.5 Å². The molecule has 1 heterocycles. The largest absolute Gasteiger partial charge is 0.489 e. The zero-order chi connectivity index (χ0) is 25.2. The van der Waals surface area contributed by atoms with Crippen LogP contribution in [0, 0.1) is 5.92 Å². The Labute approximate surface area is 205 Å².